The number of unbranched alkanes of at least 4 members (excludes halogenated alkanes) is 1. The van der Waals surface area contributed by atoms with Crippen molar-refractivity contribution in [1.82, 2.24) is 0 Å². The Balaban J connectivity index is 3.57. The first-order valence-corrected chi connectivity index (χ1v) is 5.38. The van der Waals surface area contributed by atoms with Gasteiger partial charge in [0.25, 0.3) is 0 Å². The molecule has 0 fully saturated rings. The molecule has 0 saturated heterocycles. The molecule has 0 aliphatic rings. The average Bonchev–Trinajstić information content (AvgIpc) is 2.13. The van der Waals surface area contributed by atoms with Crippen LogP contribution >= 0.6 is 0 Å². The van der Waals surface area contributed by atoms with Crippen LogP contribution in [0.3, 0.4) is 0 Å². The van der Waals surface area contributed by atoms with E-state index in [1.807, 2.05) is 13.8 Å². The van der Waals surface area contributed by atoms with Crippen molar-refractivity contribution in [2.75, 3.05) is 6.61 Å². The van der Waals surface area contributed by atoms with E-state index in [9.17, 15) is 0 Å². The van der Waals surface area contributed by atoms with Gasteiger partial charge >= 0.3 is 0 Å². The Hall–Kier alpha value is -0.0800. The monoisotopic (exact) mass is 188 g/mol. The summed E-state index contributed by atoms with van der Waals surface area (Å²) >= 11 is 0. The lowest BCUT2D eigenvalue weighted by Crippen LogP contribution is -2.25. The summed E-state index contributed by atoms with van der Waals surface area (Å²) in [5.74, 6) is 0.240. The van der Waals surface area contributed by atoms with Crippen molar-refractivity contribution in [2.45, 2.75) is 59.2 Å². The second-order valence-corrected chi connectivity index (χ2v) is 3.95. The fourth-order valence-corrected chi connectivity index (χ4v) is 1.21. The fourth-order valence-electron chi connectivity index (χ4n) is 1.21. The van der Waals surface area contributed by atoms with E-state index in [2.05, 4.69) is 13.8 Å². The van der Waals surface area contributed by atoms with Crippen molar-refractivity contribution in [3.8, 4) is 0 Å². The third kappa shape index (κ3) is 6.05. The van der Waals surface area contributed by atoms with Crippen molar-refractivity contribution in [2.24, 2.45) is 5.92 Å². The second-order valence-electron chi connectivity index (χ2n) is 3.95. The highest BCUT2D eigenvalue weighted by Crippen LogP contribution is 2.12. The Morgan fingerprint density at radius 2 is 1.85 bits per heavy atom. The number of rotatable bonds is 7. The molecule has 0 radical (unpaired) electrons. The Morgan fingerprint density at radius 1 is 1.23 bits per heavy atom. The summed E-state index contributed by atoms with van der Waals surface area (Å²) in [6.45, 7) is 8.55. The van der Waals surface area contributed by atoms with Gasteiger partial charge in [-0.05, 0) is 20.3 Å². The first kappa shape index (κ1) is 12.9. The SMILES string of the molecule is CCCCC(C)OC(C)C(C)CO. The minimum atomic E-state index is 0.164. The van der Waals surface area contributed by atoms with Crippen molar-refractivity contribution < 1.29 is 9.84 Å². The van der Waals surface area contributed by atoms with Gasteiger partial charge in [0.2, 0.25) is 0 Å². The second kappa shape index (κ2) is 7.34. The van der Waals surface area contributed by atoms with Gasteiger partial charge in [-0.2, -0.15) is 0 Å². The lowest BCUT2D eigenvalue weighted by atomic mass is 10.1. The van der Waals surface area contributed by atoms with Crippen LogP contribution < -0.4 is 0 Å². The molecular weight excluding hydrogens is 164 g/mol. The molecule has 2 nitrogen and oxygen atoms in total. The number of aliphatic hydroxyl groups excluding tert-OH is 1. The van der Waals surface area contributed by atoms with E-state index in [0.29, 0.717) is 6.10 Å². The van der Waals surface area contributed by atoms with Gasteiger partial charge in [-0.15, -0.1) is 0 Å². The molecule has 13 heavy (non-hydrogen) atoms. The highest BCUT2D eigenvalue weighted by molar-refractivity contribution is 4.62. The van der Waals surface area contributed by atoms with Gasteiger partial charge < -0.3 is 9.84 Å². The quantitative estimate of drug-likeness (QED) is 0.665. The fraction of sp³-hybridized carbons (Fsp3) is 1.00. The van der Waals surface area contributed by atoms with Gasteiger partial charge in [-0.1, -0.05) is 26.7 Å². The predicted octanol–water partition coefficient (Wildman–Crippen LogP) is 2.60. The minimum Gasteiger partial charge on any atom is -0.396 e. The van der Waals surface area contributed by atoms with Crippen LogP contribution in [0.25, 0.3) is 0 Å². The molecule has 3 atom stereocenters. The van der Waals surface area contributed by atoms with Gasteiger partial charge in [0.05, 0.1) is 12.2 Å². The molecule has 0 aromatic heterocycles. The zero-order valence-electron chi connectivity index (χ0n) is 9.42. The van der Waals surface area contributed by atoms with Gasteiger partial charge in [0, 0.05) is 12.5 Å². The van der Waals surface area contributed by atoms with Crippen LogP contribution in [-0.4, -0.2) is 23.9 Å². The maximum atomic E-state index is 8.91. The van der Waals surface area contributed by atoms with Gasteiger partial charge in [-0.3, -0.25) is 0 Å². The molecular formula is C11H24O2. The molecule has 0 amide bonds. The maximum absolute atomic E-state index is 8.91. The summed E-state index contributed by atoms with van der Waals surface area (Å²) in [6.07, 6.45) is 4.05. The third-order valence-corrected chi connectivity index (χ3v) is 2.50. The van der Waals surface area contributed by atoms with Crippen LogP contribution in [0.1, 0.15) is 47.0 Å². The van der Waals surface area contributed by atoms with Gasteiger partial charge in [0.15, 0.2) is 0 Å². The Kier molecular flexibility index (Phi) is 7.29. The molecule has 0 aliphatic heterocycles. The Bertz CT molecular complexity index is 115. The van der Waals surface area contributed by atoms with Crippen LogP contribution in [0, 0.1) is 5.92 Å². The lowest BCUT2D eigenvalue weighted by molar-refractivity contribution is -0.0354. The lowest BCUT2D eigenvalue weighted by Gasteiger charge is -2.23. The standard InChI is InChI=1S/C11H24O2/c1-5-6-7-10(3)13-11(4)9(2)8-12/h9-12H,5-8H2,1-4H3. The van der Waals surface area contributed by atoms with E-state index in [-0.39, 0.29) is 18.6 Å². The molecule has 0 rings (SSSR count). The largest absolute Gasteiger partial charge is 0.396 e. The van der Waals surface area contributed by atoms with Crippen molar-refractivity contribution in [1.29, 1.82) is 0 Å². The summed E-state index contributed by atoms with van der Waals surface area (Å²) in [5.41, 5.74) is 0. The molecule has 0 heterocycles. The molecule has 0 aromatic rings. The summed E-state index contributed by atoms with van der Waals surface area (Å²) in [4.78, 5) is 0. The molecule has 80 valence electrons. The van der Waals surface area contributed by atoms with Crippen LogP contribution in [-0.2, 0) is 4.74 Å². The maximum Gasteiger partial charge on any atom is 0.0598 e. The summed E-state index contributed by atoms with van der Waals surface area (Å²) in [5, 5.41) is 8.91. The average molecular weight is 188 g/mol. The van der Waals surface area contributed by atoms with Crippen LogP contribution in [0.4, 0.5) is 0 Å². The molecule has 0 spiro atoms. The van der Waals surface area contributed by atoms with E-state index in [1.54, 1.807) is 0 Å². The summed E-state index contributed by atoms with van der Waals surface area (Å²) in [7, 11) is 0. The smallest absolute Gasteiger partial charge is 0.0598 e. The molecule has 3 unspecified atom stereocenters. The van der Waals surface area contributed by atoms with E-state index in [1.165, 1.54) is 12.8 Å². The van der Waals surface area contributed by atoms with Gasteiger partial charge in [-0.25, -0.2) is 0 Å². The van der Waals surface area contributed by atoms with Crippen LogP contribution in [0.5, 0.6) is 0 Å². The van der Waals surface area contributed by atoms with Crippen LogP contribution in [0.15, 0.2) is 0 Å². The number of ether oxygens (including phenoxy) is 1. The number of hydrogen-bond donors (Lipinski definition) is 1. The Morgan fingerprint density at radius 3 is 2.31 bits per heavy atom. The highest BCUT2D eigenvalue weighted by Gasteiger charge is 2.14. The summed E-state index contributed by atoms with van der Waals surface area (Å²) in [6, 6.07) is 0. The Labute approximate surface area is 82.3 Å². The molecule has 1 N–H and O–H groups in total. The highest BCUT2D eigenvalue weighted by atomic mass is 16.5. The molecule has 0 aromatic carbocycles. The molecule has 2 heteroatoms. The van der Waals surface area contributed by atoms with Gasteiger partial charge in [0.1, 0.15) is 0 Å². The first-order valence-electron chi connectivity index (χ1n) is 5.38. The van der Waals surface area contributed by atoms with E-state index in [4.69, 9.17) is 9.84 Å². The zero-order valence-corrected chi connectivity index (χ0v) is 9.42. The number of aliphatic hydroxyl groups is 1. The van der Waals surface area contributed by atoms with E-state index < -0.39 is 0 Å². The summed E-state index contributed by atoms with van der Waals surface area (Å²) < 4.78 is 5.75. The molecule has 0 saturated carbocycles. The first-order chi connectivity index (χ1) is 6.11. The number of hydrogen-bond acceptors (Lipinski definition) is 2. The zero-order chi connectivity index (χ0) is 10.3. The van der Waals surface area contributed by atoms with E-state index >= 15 is 0 Å². The third-order valence-electron chi connectivity index (χ3n) is 2.50. The normalized spacial score (nSPS) is 18.2. The predicted molar refractivity (Wildman–Crippen MR) is 55.8 cm³/mol. The van der Waals surface area contributed by atoms with Crippen molar-refractivity contribution in [3.63, 3.8) is 0 Å². The molecule has 0 aliphatic carbocycles. The molecule has 0 bridgehead atoms. The van der Waals surface area contributed by atoms with Crippen molar-refractivity contribution >= 4 is 0 Å². The van der Waals surface area contributed by atoms with Crippen LogP contribution in [0.2, 0.25) is 0 Å². The van der Waals surface area contributed by atoms with Crippen molar-refractivity contribution in [3.05, 3.63) is 0 Å². The van der Waals surface area contributed by atoms with E-state index in [0.717, 1.165) is 6.42 Å². The topological polar surface area (TPSA) is 29.5 Å². The minimum absolute atomic E-state index is 0.164.